The molecule has 0 saturated carbocycles. The van der Waals surface area contributed by atoms with Crippen LogP contribution < -0.4 is 10.1 Å². The summed E-state index contributed by atoms with van der Waals surface area (Å²) in [6, 6.07) is 14.5. The lowest BCUT2D eigenvalue weighted by Crippen LogP contribution is -2.17. The summed E-state index contributed by atoms with van der Waals surface area (Å²) in [5, 5.41) is 11.2. The van der Waals surface area contributed by atoms with Crippen LogP contribution in [0.25, 0.3) is 17.1 Å². The molecule has 0 fully saturated rings. The Balaban J connectivity index is 1.60. The van der Waals surface area contributed by atoms with Crippen LogP contribution in [0.4, 0.5) is 32.0 Å². The average molecular weight is 587 g/mol. The number of benzene rings is 3. The molecule has 0 aliphatic heterocycles. The molecule has 4 rings (SSSR count). The Labute approximate surface area is 226 Å². The molecule has 6 nitrogen and oxygen atoms in total. The highest BCUT2D eigenvalue weighted by Gasteiger charge is 2.37. The number of nitrogens with one attached hydrogen (secondary N) is 1. The van der Waals surface area contributed by atoms with Crippen molar-refractivity contribution in [1.82, 2.24) is 14.8 Å². The number of halogens is 7. The number of ether oxygens (including phenoxy) is 1. The molecule has 0 unspecified atom stereocenters. The topological polar surface area (TPSA) is 69.0 Å². The van der Waals surface area contributed by atoms with Crippen molar-refractivity contribution in [1.29, 1.82) is 0 Å². The molecule has 1 aromatic heterocycles. The second-order valence-electron chi connectivity index (χ2n) is 7.98. The van der Waals surface area contributed by atoms with E-state index < -0.39 is 35.1 Å². The molecule has 4 aromatic rings. The first-order valence-electron chi connectivity index (χ1n) is 10.9. The minimum Gasteiger partial charge on any atom is -0.497 e. The van der Waals surface area contributed by atoms with Crippen LogP contribution in [0.1, 0.15) is 11.1 Å². The van der Waals surface area contributed by atoms with Crippen molar-refractivity contribution in [3.63, 3.8) is 0 Å². The molecule has 1 N–H and O–H groups in total. The number of rotatable bonds is 7. The van der Waals surface area contributed by atoms with E-state index in [4.69, 9.17) is 16.3 Å². The fraction of sp³-hybridized carbons (Fsp3) is 0.160. The van der Waals surface area contributed by atoms with Gasteiger partial charge in [0.25, 0.3) is 0 Å². The Hall–Kier alpha value is -3.71. The molecule has 204 valence electrons. The molecule has 39 heavy (non-hydrogen) atoms. The highest BCUT2D eigenvalue weighted by Crippen LogP contribution is 2.38. The molecule has 0 bridgehead atoms. The van der Waals surface area contributed by atoms with Crippen molar-refractivity contribution in [3.05, 3.63) is 82.9 Å². The summed E-state index contributed by atoms with van der Waals surface area (Å²) in [6.07, 6.45) is -10.1. The molecule has 1 heterocycles. The summed E-state index contributed by atoms with van der Waals surface area (Å²) in [5.74, 6) is -0.197. The van der Waals surface area contributed by atoms with Crippen LogP contribution in [0.2, 0.25) is 5.02 Å². The van der Waals surface area contributed by atoms with Crippen LogP contribution in [0.5, 0.6) is 5.75 Å². The number of carbonyl (C=O) groups excluding carboxylic acids is 1. The quantitative estimate of drug-likeness (QED) is 0.181. The van der Waals surface area contributed by atoms with Crippen molar-refractivity contribution in [2.45, 2.75) is 17.5 Å². The van der Waals surface area contributed by atoms with Crippen molar-refractivity contribution < 1.29 is 35.9 Å². The number of aromatic nitrogens is 3. The maximum Gasteiger partial charge on any atom is 0.416 e. The summed E-state index contributed by atoms with van der Waals surface area (Å²) in [7, 11) is 1.52. The first kappa shape index (κ1) is 28.3. The molecule has 0 spiro atoms. The molecule has 0 atom stereocenters. The number of methoxy groups -OCH3 is 1. The van der Waals surface area contributed by atoms with Gasteiger partial charge in [0.15, 0.2) is 11.0 Å². The Morgan fingerprint density at radius 1 is 0.923 bits per heavy atom. The predicted molar refractivity (Wildman–Crippen MR) is 134 cm³/mol. The normalized spacial score (nSPS) is 11.9. The highest BCUT2D eigenvalue weighted by molar-refractivity contribution is 7.99. The zero-order valence-electron chi connectivity index (χ0n) is 19.8. The van der Waals surface area contributed by atoms with Crippen molar-refractivity contribution >= 4 is 35.0 Å². The van der Waals surface area contributed by atoms with E-state index in [1.807, 2.05) is 0 Å². The number of hydrogen-bond acceptors (Lipinski definition) is 5. The lowest BCUT2D eigenvalue weighted by atomic mass is 10.1. The van der Waals surface area contributed by atoms with Gasteiger partial charge in [0, 0.05) is 22.0 Å². The molecule has 14 heteroatoms. The fourth-order valence-electron chi connectivity index (χ4n) is 3.47. The fourth-order valence-corrected chi connectivity index (χ4v) is 4.35. The lowest BCUT2D eigenvalue weighted by molar-refractivity contribution is -0.143. The standard InChI is InChI=1S/C25H17ClF6N4O2S/c1-38-20-8-2-14(3-9-20)22-34-35-23(36(22)19-6-4-17(26)5-7-19)39-13-21(37)33-18-11-15(24(27,28)29)10-16(12-18)25(30,31)32/h2-12H,13H2,1H3,(H,33,37). The van der Waals surface area contributed by atoms with Crippen LogP contribution in [0.15, 0.2) is 71.9 Å². The molecule has 0 radical (unpaired) electrons. The smallest absolute Gasteiger partial charge is 0.416 e. The summed E-state index contributed by atoms with van der Waals surface area (Å²) < 4.78 is 85.7. The van der Waals surface area contributed by atoms with E-state index in [1.165, 1.54) is 7.11 Å². The summed E-state index contributed by atoms with van der Waals surface area (Å²) in [5.41, 5.74) is -2.44. The first-order chi connectivity index (χ1) is 18.3. The number of thioether (sulfide) groups is 1. The molecule has 3 aromatic carbocycles. The molecular weight excluding hydrogens is 570 g/mol. The Bertz CT molecular complexity index is 1440. The van der Waals surface area contributed by atoms with E-state index in [0.29, 0.717) is 40.0 Å². The van der Waals surface area contributed by atoms with Gasteiger partial charge in [-0.05, 0) is 66.7 Å². The van der Waals surface area contributed by atoms with Gasteiger partial charge in [-0.1, -0.05) is 23.4 Å². The second-order valence-corrected chi connectivity index (χ2v) is 9.36. The maximum atomic E-state index is 13.1. The van der Waals surface area contributed by atoms with Gasteiger partial charge in [-0.25, -0.2) is 0 Å². The molecular formula is C25H17ClF6N4O2S. The Kier molecular flexibility index (Phi) is 8.12. The SMILES string of the molecule is COc1ccc(-c2nnc(SCC(=O)Nc3cc(C(F)(F)F)cc(C(F)(F)F)c3)n2-c2ccc(Cl)cc2)cc1. The van der Waals surface area contributed by atoms with Crippen LogP contribution in [0, 0.1) is 0 Å². The van der Waals surface area contributed by atoms with E-state index in [1.54, 1.807) is 53.1 Å². The second kappa shape index (κ2) is 11.2. The highest BCUT2D eigenvalue weighted by atomic mass is 35.5. The molecule has 0 aliphatic carbocycles. The van der Waals surface area contributed by atoms with Gasteiger partial charge in [-0.3, -0.25) is 9.36 Å². The number of hydrogen-bond donors (Lipinski definition) is 1. The van der Waals surface area contributed by atoms with Gasteiger partial charge in [0.1, 0.15) is 5.75 Å². The van der Waals surface area contributed by atoms with Gasteiger partial charge in [-0.2, -0.15) is 26.3 Å². The van der Waals surface area contributed by atoms with Gasteiger partial charge in [0.05, 0.1) is 24.0 Å². The molecule has 0 aliphatic rings. The third-order valence-corrected chi connectivity index (χ3v) is 6.45. The van der Waals surface area contributed by atoms with Crippen molar-refractivity contribution in [2.24, 2.45) is 0 Å². The van der Waals surface area contributed by atoms with Crippen LogP contribution >= 0.6 is 23.4 Å². The minimum atomic E-state index is -5.04. The van der Waals surface area contributed by atoms with E-state index in [9.17, 15) is 31.1 Å². The third-order valence-electron chi connectivity index (χ3n) is 5.27. The zero-order chi connectivity index (χ0) is 28.4. The van der Waals surface area contributed by atoms with Crippen molar-refractivity contribution in [3.8, 4) is 22.8 Å². The van der Waals surface area contributed by atoms with E-state index >= 15 is 0 Å². The summed E-state index contributed by atoms with van der Waals surface area (Å²) in [4.78, 5) is 12.6. The monoisotopic (exact) mass is 586 g/mol. The number of anilines is 1. The van der Waals surface area contributed by atoms with E-state index in [0.717, 1.165) is 11.8 Å². The van der Waals surface area contributed by atoms with Crippen LogP contribution in [-0.2, 0) is 17.1 Å². The minimum absolute atomic E-state index is 0.0142. The van der Waals surface area contributed by atoms with E-state index in [-0.39, 0.29) is 17.0 Å². The third kappa shape index (κ3) is 6.84. The largest absolute Gasteiger partial charge is 0.497 e. The van der Waals surface area contributed by atoms with E-state index in [2.05, 4.69) is 15.5 Å². The number of alkyl halides is 6. The number of carbonyl (C=O) groups is 1. The molecule has 0 saturated heterocycles. The van der Waals surface area contributed by atoms with Gasteiger partial charge >= 0.3 is 12.4 Å². The summed E-state index contributed by atoms with van der Waals surface area (Å²) >= 11 is 6.90. The van der Waals surface area contributed by atoms with Gasteiger partial charge < -0.3 is 10.1 Å². The Morgan fingerprint density at radius 3 is 2.05 bits per heavy atom. The van der Waals surface area contributed by atoms with Crippen LogP contribution in [0.3, 0.4) is 0 Å². The lowest BCUT2D eigenvalue weighted by Gasteiger charge is -2.15. The van der Waals surface area contributed by atoms with Gasteiger partial charge in [0.2, 0.25) is 5.91 Å². The number of nitrogens with zero attached hydrogens (tertiary/aromatic N) is 3. The van der Waals surface area contributed by atoms with Crippen LogP contribution in [-0.4, -0.2) is 33.5 Å². The zero-order valence-corrected chi connectivity index (χ0v) is 21.3. The first-order valence-corrected chi connectivity index (χ1v) is 12.3. The average Bonchev–Trinajstić information content (AvgIpc) is 3.30. The Morgan fingerprint density at radius 2 is 1.51 bits per heavy atom. The summed E-state index contributed by atoms with van der Waals surface area (Å²) in [6.45, 7) is 0. The predicted octanol–water partition coefficient (Wildman–Crippen LogP) is 7.36. The number of amides is 1. The van der Waals surface area contributed by atoms with Crippen molar-refractivity contribution in [2.75, 3.05) is 18.2 Å². The maximum absolute atomic E-state index is 13.1. The van der Waals surface area contributed by atoms with Gasteiger partial charge in [-0.15, -0.1) is 10.2 Å². The molecule has 1 amide bonds.